The van der Waals surface area contributed by atoms with Gasteiger partial charge in [-0.3, -0.25) is 5.43 Å². The second-order valence-corrected chi connectivity index (χ2v) is 5.52. The van der Waals surface area contributed by atoms with E-state index in [2.05, 4.69) is 29.9 Å². The van der Waals surface area contributed by atoms with E-state index in [1.807, 2.05) is 29.3 Å². The molecule has 1 heterocycles. The van der Waals surface area contributed by atoms with Crippen molar-refractivity contribution in [3.05, 3.63) is 29.8 Å². The standard InChI is InChI=1S/C16H26N4O/c1-3-17-13(2)14-7-9-15(10-8-14)18-16(21)19-20-11-5-4-6-12-20/h7-10,13,17H,3-6,11-12H2,1-2H3,(H2,18,19,21). The van der Waals surface area contributed by atoms with E-state index >= 15 is 0 Å². The molecule has 0 bridgehead atoms. The summed E-state index contributed by atoms with van der Waals surface area (Å²) in [7, 11) is 0. The molecule has 0 saturated carbocycles. The van der Waals surface area contributed by atoms with Crippen LogP contribution in [0.3, 0.4) is 0 Å². The zero-order valence-electron chi connectivity index (χ0n) is 13.0. The third-order valence-electron chi connectivity index (χ3n) is 3.79. The number of carbonyl (C=O) groups excluding carboxylic acids is 1. The van der Waals surface area contributed by atoms with Crippen molar-refractivity contribution < 1.29 is 4.79 Å². The van der Waals surface area contributed by atoms with Crippen LogP contribution >= 0.6 is 0 Å². The molecular weight excluding hydrogens is 264 g/mol. The predicted molar refractivity (Wildman–Crippen MR) is 86.1 cm³/mol. The molecule has 0 radical (unpaired) electrons. The lowest BCUT2D eigenvalue weighted by Gasteiger charge is -2.26. The fourth-order valence-electron chi connectivity index (χ4n) is 2.59. The Bertz CT molecular complexity index is 440. The van der Waals surface area contributed by atoms with Crippen LogP contribution in [0, 0.1) is 0 Å². The SMILES string of the molecule is CCNC(C)c1ccc(NC(=O)NN2CCCCC2)cc1. The van der Waals surface area contributed by atoms with Gasteiger partial charge < -0.3 is 10.6 Å². The van der Waals surface area contributed by atoms with E-state index in [1.165, 1.54) is 12.0 Å². The molecule has 2 rings (SSSR count). The largest absolute Gasteiger partial charge is 0.333 e. The third-order valence-corrected chi connectivity index (χ3v) is 3.79. The van der Waals surface area contributed by atoms with Crippen molar-refractivity contribution in [3.63, 3.8) is 0 Å². The van der Waals surface area contributed by atoms with Crippen LogP contribution in [0.15, 0.2) is 24.3 Å². The quantitative estimate of drug-likeness (QED) is 0.781. The number of urea groups is 1. The molecule has 5 heteroatoms. The summed E-state index contributed by atoms with van der Waals surface area (Å²) in [6.07, 6.45) is 3.56. The Hall–Kier alpha value is -1.59. The van der Waals surface area contributed by atoms with E-state index < -0.39 is 0 Å². The van der Waals surface area contributed by atoms with Gasteiger partial charge in [0, 0.05) is 24.8 Å². The van der Waals surface area contributed by atoms with Crippen molar-refractivity contribution in [1.29, 1.82) is 0 Å². The summed E-state index contributed by atoms with van der Waals surface area (Å²) in [5.41, 5.74) is 4.93. The zero-order valence-corrected chi connectivity index (χ0v) is 13.0. The van der Waals surface area contributed by atoms with Gasteiger partial charge in [-0.15, -0.1) is 0 Å². The van der Waals surface area contributed by atoms with Crippen LogP contribution in [0.4, 0.5) is 10.5 Å². The Morgan fingerprint density at radius 2 is 1.86 bits per heavy atom. The maximum atomic E-state index is 11.9. The van der Waals surface area contributed by atoms with Gasteiger partial charge in [0.1, 0.15) is 0 Å². The van der Waals surface area contributed by atoms with Gasteiger partial charge in [0.25, 0.3) is 0 Å². The number of rotatable bonds is 5. The van der Waals surface area contributed by atoms with E-state index in [0.717, 1.165) is 38.2 Å². The number of nitrogens with zero attached hydrogens (tertiary/aromatic N) is 1. The normalized spacial score (nSPS) is 17.2. The van der Waals surface area contributed by atoms with Gasteiger partial charge in [-0.05, 0) is 44.0 Å². The maximum absolute atomic E-state index is 11.9. The van der Waals surface area contributed by atoms with Gasteiger partial charge in [-0.2, -0.15) is 0 Å². The highest BCUT2D eigenvalue weighted by atomic mass is 16.2. The van der Waals surface area contributed by atoms with Gasteiger partial charge in [-0.1, -0.05) is 25.5 Å². The van der Waals surface area contributed by atoms with Crippen LogP contribution < -0.4 is 16.1 Å². The van der Waals surface area contributed by atoms with Crippen molar-refractivity contribution in [1.82, 2.24) is 15.8 Å². The summed E-state index contributed by atoms with van der Waals surface area (Å²) in [6.45, 7) is 7.05. The monoisotopic (exact) mass is 290 g/mol. The lowest BCUT2D eigenvalue weighted by Crippen LogP contribution is -2.46. The minimum atomic E-state index is -0.163. The van der Waals surface area contributed by atoms with Crippen molar-refractivity contribution in [2.45, 2.75) is 39.2 Å². The summed E-state index contributed by atoms with van der Waals surface area (Å²) >= 11 is 0. The molecule has 1 saturated heterocycles. The summed E-state index contributed by atoms with van der Waals surface area (Å²) in [6, 6.07) is 8.14. The Balaban J connectivity index is 1.83. The van der Waals surface area contributed by atoms with Gasteiger partial charge in [0.15, 0.2) is 0 Å². The van der Waals surface area contributed by atoms with Crippen LogP contribution in [0.1, 0.15) is 44.7 Å². The smallest absolute Gasteiger partial charge is 0.310 e. The Kier molecular flexibility index (Phi) is 6.02. The second kappa shape index (κ2) is 8.00. The van der Waals surface area contributed by atoms with Gasteiger partial charge in [0.05, 0.1) is 0 Å². The summed E-state index contributed by atoms with van der Waals surface area (Å²) in [4.78, 5) is 11.9. The van der Waals surface area contributed by atoms with Crippen LogP contribution in [0.5, 0.6) is 0 Å². The van der Waals surface area contributed by atoms with E-state index in [0.29, 0.717) is 6.04 Å². The summed E-state index contributed by atoms with van der Waals surface area (Å²) in [5, 5.41) is 8.23. The molecule has 116 valence electrons. The molecular formula is C16H26N4O. The number of hydrogen-bond donors (Lipinski definition) is 3. The molecule has 5 nitrogen and oxygen atoms in total. The highest BCUT2D eigenvalue weighted by Gasteiger charge is 2.12. The number of hydrogen-bond acceptors (Lipinski definition) is 3. The average Bonchev–Trinajstić information content (AvgIpc) is 2.49. The molecule has 0 aromatic heterocycles. The molecule has 1 aromatic carbocycles. The number of anilines is 1. The Morgan fingerprint density at radius 1 is 1.19 bits per heavy atom. The molecule has 1 fully saturated rings. The maximum Gasteiger partial charge on any atom is 0.333 e. The molecule has 1 aliphatic rings. The van der Waals surface area contributed by atoms with Crippen LogP contribution in [-0.4, -0.2) is 30.7 Å². The van der Waals surface area contributed by atoms with Crippen molar-refractivity contribution >= 4 is 11.7 Å². The fourth-order valence-corrected chi connectivity index (χ4v) is 2.59. The molecule has 21 heavy (non-hydrogen) atoms. The first-order valence-corrected chi connectivity index (χ1v) is 7.85. The molecule has 0 spiro atoms. The Labute approximate surface area is 127 Å². The molecule has 2 amide bonds. The minimum Gasteiger partial charge on any atom is -0.310 e. The molecule has 1 aliphatic heterocycles. The molecule has 0 aliphatic carbocycles. The highest BCUT2D eigenvalue weighted by molar-refractivity contribution is 5.88. The first-order chi connectivity index (χ1) is 10.2. The number of hydrazine groups is 1. The van der Waals surface area contributed by atoms with E-state index in [9.17, 15) is 4.79 Å². The number of piperidine rings is 1. The first kappa shape index (κ1) is 15.8. The lowest BCUT2D eigenvalue weighted by atomic mass is 10.1. The molecule has 3 N–H and O–H groups in total. The highest BCUT2D eigenvalue weighted by Crippen LogP contribution is 2.16. The first-order valence-electron chi connectivity index (χ1n) is 7.85. The van der Waals surface area contributed by atoms with Gasteiger partial charge in [0.2, 0.25) is 0 Å². The second-order valence-electron chi connectivity index (χ2n) is 5.52. The number of carbonyl (C=O) groups is 1. The van der Waals surface area contributed by atoms with Gasteiger partial charge >= 0.3 is 6.03 Å². The third kappa shape index (κ3) is 5.02. The predicted octanol–water partition coefficient (Wildman–Crippen LogP) is 2.88. The molecule has 1 aromatic rings. The average molecular weight is 290 g/mol. The van der Waals surface area contributed by atoms with Crippen molar-refractivity contribution in [2.24, 2.45) is 0 Å². The van der Waals surface area contributed by atoms with Crippen LogP contribution in [0.25, 0.3) is 0 Å². The lowest BCUT2D eigenvalue weighted by molar-refractivity contribution is 0.162. The van der Waals surface area contributed by atoms with E-state index in [-0.39, 0.29) is 6.03 Å². The number of amides is 2. The molecule has 1 atom stereocenters. The van der Waals surface area contributed by atoms with Gasteiger partial charge in [-0.25, -0.2) is 9.80 Å². The van der Waals surface area contributed by atoms with E-state index in [4.69, 9.17) is 0 Å². The number of benzene rings is 1. The van der Waals surface area contributed by atoms with Crippen LogP contribution in [-0.2, 0) is 0 Å². The minimum absolute atomic E-state index is 0.163. The fraction of sp³-hybridized carbons (Fsp3) is 0.562. The summed E-state index contributed by atoms with van der Waals surface area (Å²) in [5.74, 6) is 0. The topological polar surface area (TPSA) is 56.4 Å². The molecule has 1 unspecified atom stereocenters. The zero-order chi connectivity index (χ0) is 15.1. The van der Waals surface area contributed by atoms with Crippen molar-refractivity contribution in [2.75, 3.05) is 25.0 Å². The van der Waals surface area contributed by atoms with Crippen molar-refractivity contribution in [3.8, 4) is 0 Å². The van der Waals surface area contributed by atoms with Crippen LogP contribution in [0.2, 0.25) is 0 Å². The summed E-state index contributed by atoms with van der Waals surface area (Å²) < 4.78 is 0. The Morgan fingerprint density at radius 3 is 2.48 bits per heavy atom. The number of nitrogens with one attached hydrogen (secondary N) is 3. The van der Waals surface area contributed by atoms with E-state index in [1.54, 1.807) is 0 Å².